The van der Waals surface area contributed by atoms with Gasteiger partial charge in [-0.3, -0.25) is 9.59 Å². The minimum Gasteiger partial charge on any atom is -0.462 e. The second-order valence-corrected chi connectivity index (χ2v) is 11.9. The minimum atomic E-state index is 0.0409. The Bertz CT molecular complexity index is 724. The van der Waals surface area contributed by atoms with Gasteiger partial charge in [0.1, 0.15) is 6.10 Å². The van der Waals surface area contributed by atoms with E-state index in [2.05, 4.69) is 20.8 Å². The van der Waals surface area contributed by atoms with Gasteiger partial charge in [0.05, 0.1) is 0 Å². The maximum Gasteiger partial charge on any atom is 0.306 e. The van der Waals surface area contributed by atoms with Crippen LogP contribution in [0.3, 0.4) is 0 Å². The van der Waals surface area contributed by atoms with Gasteiger partial charge in [-0.05, 0) is 80.6 Å². The number of fused-ring (bicyclic) bond motifs is 5. The van der Waals surface area contributed by atoms with Gasteiger partial charge in [0.2, 0.25) is 0 Å². The number of ketones is 1. The molecule has 4 aliphatic carbocycles. The van der Waals surface area contributed by atoms with E-state index in [4.69, 9.17) is 4.74 Å². The lowest BCUT2D eigenvalue weighted by Crippen LogP contribution is -2.51. The molecule has 180 valence electrons. The fourth-order valence-electron chi connectivity index (χ4n) is 8.15. The molecule has 0 heterocycles. The highest BCUT2D eigenvalue weighted by Gasteiger charge is 2.59. The average Bonchev–Trinajstić information content (AvgIpc) is 3.10. The lowest BCUT2D eigenvalue weighted by molar-refractivity contribution is -0.160. The van der Waals surface area contributed by atoms with Crippen molar-refractivity contribution in [2.75, 3.05) is 0 Å². The summed E-state index contributed by atoms with van der Waals surface area (Å²) in [6, 6.07) is 0. The first kappa shape index (κ1) is 24.0. The van der Waals surface area contributed by atoms with Crippen molar-refractivity contribution >= 4 is 11.8 Å². The van der Waals surface area contributed by atoms with Crippen molar-refractivity contribution in [1.82, 2.24) is 0 Å². The van der Waals surface area contributed by atoms with Gasteiger partial charge in [0.15, 0.2) is 5.78 Å². The molecule has 3 fully saturated rings. The van der Waals surface area contributed by atoms with Crippen LogP contribution in [0.4, 0.5) is 0 Å². The van der Waals surface area contributed by atoms with Crippen LogP contribution in [0.1, 0.15) is 124 Å². The molecule has 6 atom stereocenters. The summed E-state index contributed by atoms with van der Waals surface area (Å²) in [7, 11) is 0. The molecule has 0 N–H and O–H groups in total. The van der Waals surface area contributed by atoms with Crippen LogP contribution in [0.15, 0.2) is 11.6 Å². The molecule has 3 nitrogen and oxygen atoms in total. The van der Waals surface area contributed by atoms with Crippen molar-refractivity contribution in [3.05, 3.63) is 11.6 Å². The molecule has 0 aromatic carbocycles. The van der Waals surface area contributed by atoms with E-state index in [1.807, 2.05) is 6.08 Å². The summed E-state index contributed by atoms with van der Waals surface area (Å²) in [6.07, 6.45) is 20.1. The van der Waals surface area contributed by atoms with E-state index < -0.39 is 0 Å². The van der Waals surface area contributed by atoms with Crippen molar-refractivity contribution in [3.8, 4) is 0 Å². The number of ether oxygens (including phenoxy) is 1. The van der Waals surface area contributed by atoms with Crippen molar-refractivity contribution < 1.29 is 14.3 Å². The van der Waals surface area contributed by atoms with Gasteiger partial charge in [0.25, 0.3) is 0 Å². The van der Waals surface area contributed by atoms with Crippen molar-refractivity contribution in [2.24, 2.45) is 28.6 Å². The average molecular weight is 443 g/mol. The largest absolute Gasteiger partial charge is 0.462 e. The summed E-state index contributed by atoms with van der Waals surface area (Å²) in [5, 5.41) is 0. The summed E-state index contributed by atoms with van der Waals surface area (Å²) >= 11 is 0. The Morgan fingerprint density at radius 3 is 2.47 bits per heavy atom. The zero-order valence-corrected chi connectivity index (χ0v) is 20.9. The molecule has 32 heavy (non-hydrogen) atoms. The van der Waals surface area contributed by atoms with Crippen LogP contribution in [0.2, 0.25) is 0 Å². The second-order valence-electron chi connectivity index (χ2n) is 11.9. The lowest BCUT2D eigenvalue weighted by Gasteiger charge is -2.57. The van der Waals surface area contributed by atoms with Crippen LogP contribution in [-0.2, 0) is 14.3 Å². The highest BCUT2D eigenvalue weighted by Crippen LogP contribution is 2.65. The van der Waals surface area contributed by atoms with Crippen LogP contribution >= 0.6 is 0 Å². The van der Waals surface area contributed by atoms with Gasteiger partial charge in [0, 0.05) is 18.3 Å². The first-order valence-electron chi connectivity index (χ1n) is 13.8. The zero-order valence-electron chi connectivity index (χ0n) is 20.9. The molecule has 0 amide bonds. The van der Waals surface area contributed by atoms with Gasteiger partial charge in [-0.25, -0.2) is 0 Å². The quantitative estimate of drug-likeness (QED) is 0.273. The number of carbonyl (C=O) groups is 2. The molecule has 0 aromatic rings. The van der Waals surface area contributed by atoms with Gasteiger partial charge in [-0.15, -0.1) is 0 Å². The molecule has 3 heteroatoms. The van der Waals surface area contributed by atoms with E-state index in [-0.39, 0.29) is 22.9 Å². The number of unbranched alkanes of at least 4 members (excludes halogenated alkanes) is 6. The molecule has 0 spiro atoms. The van der Waals surface area contributed by atoms with Gasteiger partial charge < -0.3 is 4.74 Å². The second kappa shape index (κ2) is 10.0. The Labute approximate surface area is 196 Å². The van der Waals surface area contributed by atoms with E-state index in [1.54, 1.807) is 0 Å². The smallest absolute Gasteiger partial charge is 0.306 e. The van der Waals surface area contributed by atoms with Gasteiger partial charge in [-0.1, -0.05) is 64.9 Å². The van der Waals surface area contributed by atoms with Crippen LogP contribution in [0, 0.1) is 28.6 Å². The number of carbonyl (C=O) groups excluding carboxylic acids is 2. The molecule has 0 unspecified atom stereocenters. The molecular weight excluding hydrogens is 396 g/mol. The summed E-state index contributed by atoms with van der Waals surface area (Å²) in [4.78, 5) is 24.7. The first-order valence-corrected chi connectivity index (χ1v) is 13.8. The molecule has 4 aliphatic rings. The van der Waals surface area contributed by atoms with Crippen molar-refractivity contribution in [3.63, 3.8) is 0 Å². The standard InChI is InChI=1S/C29H46O3/c1-4-5-6-7-8-9-10-11-27(31)32-26-15-14-24-23-13-12-21-20-22(30)16-18-28(21,2)25(23)17-19-29(24,26)3/h20,23-26H,4-19H2,1-3H3/t23-,24-,25+,26-,28-,29-/m0/s1. The summed E-state index contributed by atoms with van der Waals surface area (Å²) in [6.45, 7) is 7.11. The Morgan fingerprint density at radius 2 is 1.69 bits per heavy atom. The van der Waals surface area contributed by atoms with Gasteiger partial charge >= 0.3 is 5.97 Å². The fraction of sp³-hybridized carbons (Fsp3) is 0.862. The number of hydrogen-bond acceptors (Lipinski definition) is 3. The zero-order chi connectivity index (χ0) is 22.8. The van der Waals surface area contributed by atoms with E-state index >= 15 is 0 Å². The van der Waals surface area contributed by atoms with Crippen LogP contribution in [-0.4, -0.2) is 17.9 Å². The Balaban J connectivity index is 1.31. The normalized spacial score (nSPS) is 38.5. The lowest BCUT2D eigenvalue weighted by atomic mass is 9.47. The van der Waals surface area contributed by atoms with E-state index in [0.717, 1.165) is 44.4 Å². The van der Waals surface area contributed by atoms with Crippen LogP contribution in [0.25, 0.3) is 0 Å². The predicted molar refractivity (Wildman–Crippen MR) is 129 cm³/mol. The third kappa shape index (κ3) is 4.60. The molecule has 0 aliphatic heterocycles. The first-order chi connectivity index (χ1) is 15.4. The van der Waals surface area contributed by atoms with Crippen LogP contribution < -0.4 is 0 Å². The number of esters is 1. The topological polar surface area (TPSA) is 43.4 Å². The summed E-state index contributed by atoms with van der Waals surface area (Å²) < 4.78 is 6.16. The SMILES string of the molecule is CCCCCCCCCC(=O)O[C@H]1CC[C@H]2[C@@H]3CCC4=CC(=O)CC[C@]4(C)[C@@H]3CC[C@]12C. The predicted octanol–water partition coefficient (Wildman–Crippen LogP) is 7.57. The number of hydrogen-bond donors (Lipinski definition) is 0. The molecule has 4 rings (SSSR count). The molecule has 0 radical (unpaired) electrons. The van der Waals surface area contributed by atoms with E-state index in [9.17, 15) is 9.59 Å². The Hall–Kier alpha value is -1.12. The molecular formula is C29H46O3. The molecule has 0 saturated heterocycles. The molecule has 3 saturated carbocycles. The number of allylic oxidation sites excluding steroid dienone is 1. The number of rotatable bonds is 9. The molecule has 0 aromatic heterocycles. The van der Waals surface area contributed by atoms with E-state index in [1.165, 1.54) is 63.4 Å². The maximum atomic E-state index is 12.6. The third-order valence-electron chi connectivity index (χ3n) is 10.1. The third-order valence-corrected chi connectivity index (χ3v) is 10.1. The minimum absolute atomic E-state index is 0.0409. The summed E-state index contributed by atoms with van der Waals surface area (Å²) in [5.74, 6) is 2.49. The highest BCUT2D eigenvalue weighted by atomic mass is 16.5. The van der Waals surface area contributed by atoms with E-state index in [0.29, 0.717) is 24.0 Å². The van der Waals surface area contributed by atoms with Crippen molar-refractivity contribution in [1.29, 1.82) is 0 Å². The monoisotopic (exact) mass is 442 g/mol. The Kier molecular flexibility index (Phi) is 7.52. The molecule has 0 bridgehead atoms. The van der Waals surface area contributed by atoms with Crippen molar-refractivity contribution in [2.45, 2.75) is 130 Å². The Morgan fingerprint density at radius 1 is 0.938 bits per heavy atom. The van der Waals surface area contributed by atoms with Crippen LogP contribution in [0.5, 0.6) is 0 Å². The highest BCUT2D eigenvalue weighted by molar-refractivity contribution is 5.91. The fourth-order valence-corrected chi connectivity index (χ4v) is 8.15. The van der Waals surface area contributed by atoms with Gasteiger partial charge in [-0.2, -0.15) is 0 Å². The maximum absolute atomic E-state index is 12.6. The summed E-state index contributed by atoms with van der Waals surface area (Å²) in [5.41, 5.74) is 1.82.